The van der Waals surface area contributed by atoms with E-state index in [1.54, 1.807) is 0 Å². The first-order valence-corrected chi connectivity index (χ1v) is 11.4. The first kappa shape index (κ1) is 26.3. The summed E-state index contributed by atoms with van der Waals surface area (Å²) in [6.07, 6.45) is 4.21. The van der Waals surface area contributed by atoms with Crippen molar-refractivity contribution in [1.29, 1.82) is 0 Å². The van der Waals surface area contributed by atoms with Crippen molar-refractivity contribution in [2.75, 3.05) is 52.6 Å². The normalized spacial score (nSPS) is 20.5. The van der Waals surface area contributed by atoms with Crippen molar-refractivity contribution < 1.29 is 13.9 Å². The fourth-order valence-corrected chi connectivity index (χ4v) is 3.92. The molecule has 2 aliphatic rings. The Morgan fingerprint density at radius 1 is 1.23 bits per heavy atom. The van der Waals surface area contributed by atoms with E-state index in [-0.39, 0.29) is 29.8 Å². The van der Waals surface area contributed by atoms with Gasteiger partial charge in [0.25, 0.3) is 0 Å². The minimum atomic E-state index is -0.174. The fourth-order valence-electron chi connectivity index (χ4n) is 3.92. The Morgan fingerprint density at radius 3 is 2.68 bits per heavy atom. The van der Waals surface area contributed by atoms with Crippen molar-refractivity contribution >= 4 is 29.9 Å². The van der Waals surface area contributed by atoms with Crippen molar-refractivity contribution in [3.8, 4) is 0 Å². The zero-order chi connectivity index (χ0) is 21.0. The number of piperidine rings is 1. The van der Waals surface area contributed by atoms with Crippen molar-refractivity contribution in [3.63, 3.8) is 0 Å². The minimum absolute atomic E-state index is 0. The van der Waals surface area contributed by atoms with Crippen molar-refractivity contribution in [2.24, 2.45) is 10.9 Å². The van der Waals surface area contributed by atoms with Gasteiger partial charge in [-0.05, 0) is 50.3 Å². The Hall–Kier alpha value is -0.970. The molecule has 2 fully saturated rings. The van der Waals surface area contributed by atoms with E-state index in [9.17, 15) is 4.39 Å². The first-order chi connectivity index (χ1) is 14.7. The van der Waals surface area contributed by atoms with E-state index in [2.05, 4.69) is 22.5 Å². The topological polar surface area (TPSA) is 58.1 Å². The van der Waals surface area contributed by atoms with Crippen LogP contribution in [0.25, 0.3) is 0 Å². The summed E-state index contributed by atoms with van der Waals surface area (Å²) in [4.78, 5) is 7.15. The van der Waals surface area contributed by atoms with Crippen molar-refractivity contribution in [2.45, 2.75) is 45.2 Å². The summed E-state index contributed by atoms with van der Waals surface area (Å²) >= 11 is 0. The standard InChI is InChI=1S/C23H37FN4O2.HI/c1-2-25-23(26-11-3-14-29-17-20-10-15-30-18-20)27-22-8-12-28(13-9-22)16-19-4-6-21(24)7-5-19;/h4-7,20,22H,2-3,8-18H2,1H3,(H2,25,26,27);1H. The summed E-state index contributed by atoms with van der Waals surface area (Å²) in [5.41, 5.74) is 1.17. The quantitative estimate of drug-likeness (QED) is 0.203. The lowest BCUT2D eigenvalue weighted by Crippen LogP contribution is -2.48. The third kappa shape index (κ3) is 10.0. The van der Waals surface area contributed by atoms with Gasteiger partial charge in [-0.1, -0.05) is 12.1 Å². The first-order valence-electron chi connectivity index (χ1n) is 11.4. The second kappa shape index (κ2) is 15.0. The number of nitrogens with one attached hydrogen (secondary N) is 2. The Morgan fingerprint density at radius 2 is 2.00 bits per heavy atom. The molecular formula is C23H38FIN4O2. The van der Waals surface area contributed by atoms with E-state index in [4.69, 9.17) is 14.5 Å². The van der Waals surface area contributed by atoms with Crippen LogP contribution >= 0.6 is 24.0 Å². The predicted molar refractivity (Wildman–Crippen MR) is 134 cm³/mol. The maximum absolute atomic E-state index is 13.1. The lowest BCUT2D eigenvalue weighted by Gasteiger charge is -2.33. The number of guanidine groups is 1. The Bertz CT molecular complexity index is 633. The molecule has 2 aliphatic heterocycles. The molecule has 176 valence electrons. The second-order valence-corrected chi connectivity index (χ2v) is 8.24. The molecule has 0 bridgehead atoms. The molecule has 8 heteroatoms. The van der Waals surface area contributed by atoms with Crippen LogP contribution in [0.4, 0.5) is 4.39 Å². The lowest BCUT2D eigenvalue weighted by molar-refractivity contribution is 0.0893. The van der Waals surface area contributed by atoms with Crippen LogP contribution in [0.1, 0.15) is 38.2 Å². The summed E-state index contributed by atoms with van der Waals surface area (Å²) in [6.45, 7) is 9.94. The molecule has 6 nitrogen and oxygen atoms in total. The Balaban J connectivity index is 0.00000341. The number of likely N-dealkylation sites (tertiary alicyclic amines) is 1. The molecule has 2 saturated heterocycles. The largest absolute Gasteiger partial charge is 0.381 e. The SMILES string of the molecule is CCNC(=NCCCOCC1CCOC1)NC1CCN(Cc2ccc(F)cc2)CC1.I. The molecule has 0 spiro atoms. The molecule has 0 saturated carbocycles. The molecule has 0 amide bonds. The molecule has 3 rings (SSSR count). The van der Waals surface area contributed by atoms with Gasteiger partial charge in [-0.15, -0.1) is 24.0 Å². The predicted octanol–water partition coefficient (Wildman–Crippen LogP) is 3.41. The Kier molecular flexibility index (Phi) is 12.7. The molecule has 0 radical (unpaired) electrons. The number of hydrogen-bond donors (Lipinski definition) is 2. The van der Waals surface area contributed by atoms with Gasteiger partial charge in [-0.3, -0.25) is 9.89 Å². The van der Waals surface area contributed by atoms with Gasteiger partial charge in [-0.25, -0.2) is 4.39 Å². The van der Waals surface area contributed by atoms with Crippen LogP contribution in [0.5, 0.6) is 0 Å². The maximum Gasteiger partial charge on any atom is 0.191 e. The highest BCUT2D eigenvalue weighted by atomic mass is 127. The highest BCUT2D eigenvalue weighted by Gasteiger charge is 2.20. The average Bonchev–Trinajstić information content (AvgIpc) is 3.27. The molecule has 1 aromatic rings. The van der Waals surface area contributed by atoms with E-state index in [1.165, 1.54) is 17.7 Å². The third-order valence-corrected chi connectivity index (χ3v) is 5.69. The molecule has 2 heterocycles. The minimum Gasteiger partial charge on any atom is -0.381 e. The summed E-state index contributed by atoms with van der Waals surface area (Å²) in [6, 6.07) is 7.27. The number of aliphatic imine (C=N–C) groups is 1. The maximum atomic E-state index is 13.1. The summed E-state index contributed by atoms with van der Waals surface area (Å²) in [5, 5.41) is 6.94. The third-order valence-electron chi connectivity index (χ3n) is 5.69. The van der Waals surface area contributed by atoms with Crippen LogP contribution in [0, 0.1) is 11.7 Å². The number of rotatable bonds is 10. The average molecular weight is 548 g/mol. The zero-order valence-corrected chi connectivity index (χ0v) is 21.0. The zero-order valence-electron chi connectivity index (χ0n) is 18.7. The van der Waals surface area contributed by atoms with Crippen molar-refractivity contribution in [1.82, 2.24) is 15.5 Å². The van der Waals surface area contributed by atoms with Crippen LogP contribution in [-0.4, -0.2) is 69.5 Å². The molecule has 1 atom stereocenters. The number of nitrogens with zero attached hydrogens (tertiary/aromatic N) is 2. The van der Waals surface area contributed by atoms with E-state index in [1.807, 2.05) is 12.1 Å². The molecule has 0 aliphatic carbocycles. The van der Waals surface area contributed by atoms with Crippen LogP contribution in [0.15, 0.2) is 29.3 Å². The van der Waals surface area contributed by atoms with Crippen LogP contribution < -0.4 is 10.6 Å². The highest BCUT2D eigenvalue weighted by Crippen LogP contribution is 2.15. The smallest absolute Gasteiger partial charge is 0.191 e. The van der Waals surface area contributed by atoms with E-state index >= 15 is 0 Å². The fraction of sp³-hybridized carbons (Fsp3) is 0.696. The highest BCUT2D eigenvalue weighted by molar-refractivity contribution is 14.0. The molecule has 1 unspecified atom stereocenters. The molecule has 1 aromatic carbocycles. The van der Waals surface area contributed by atoms with Gasteiger partial charge in [0.05, 0.1) is 13.2 Å². The molecule has 31 heavy (non-hydrogen) atoms. The summed E-state index contributed by atoms with van der Waals surface area (Å²) in [5.74, 6) is 1.30. The second-order valence-electron chi connectivity index (χ2n) is 8.24. The van der Waals surface area contributed by atoms with E-state index in [0.29, 0.717) is 12.0 Å². The van der Waals surface area contributed by atoms with E-state index < -0.39 is 0 Å². The molecule has 2 N–H and O–H groups in total. The monoisotopic (exact) mass is 548 g/mol. The van der Waals surface area contributed by atoms with Gasteiger partial charge in [-0.2, -0.15) is 0 Å². The van der Waals surface area contributed by atoms with E-state index in [0.717, 1.165) is 90.8 Å². The molecular weight excluding hydrogens is 510 g/mol. The number of benzene rings is 1. The van der Waals surface area contributed by atoms with Gasteiger partial charge in [0.1, 0.15) is 5.82 Å². The summed E-state index contributed by atoms with van der Waals surface area (Å²) in [7, 11) is 0. The number of halogens is 2. The summed E-state index contributed by atoms with van der Waals surface area (Å²) < 4.78 is 24.2. The van der Waals surface area contributed by atoms with Gasteiger partial charge >= 0.3 is 0 Å². The van der Waals surface area contributed by atoms with Gasteiger partial charge in [0, 0.05) is 57.9 Å². The molecule has 0 aromatic heterocycles. The van der Waals surface area contributed by atoms with Crippen LogP contribution in [-0.2, 0) is 16.0 Å². The van der Waals surface area contributed by atoms with Crippen LogP contribution in [0.2, 0.25) is 0 Å². The van der Waals surface area contributed by atoms with Crippen molar-refractivity contribution in [3.05, 3.63) is 35.6 Å². The van der Waals surface area contributed by atoms with Crippen LogP contribution in [0.3, 0.4) is 0 Å². The Labute approximate surface area is 203 Å². The number of hydrogen-bond acceptors (Lipinski definition) is 4. The van der Waals surface area contributed by atoms with Gasteiger partial charge in [0.2, 0.25) is 0 Å². The van der Waals surface area contributed by atoms with Gasteiger partial charge < -0.3 is 20.1 Å². The lowest BCUT2D eigenvalue weighted by atomic mass is 10.0. The number of ether oxygens (including phenoxy) is 2. The van der Waals surface area contributed by atoms with Gasteiger partial charge in [0.15, 0.2) is 5.96 Å².